The van der Waals surface area contributed by atoms with Gasteiger partial charge in [0.05, 0.1) is 12.7 Å². The van der Waals surface area contributed by atoms with Crippen LogP contribution in [0.2, 0.25) is 0 Å². The van der Waals surface area contributed by atoms with Gasteiger partial charge in [0.25, 0.3) is 5.91 Å². The van der Waals surface area contributed by atoms with E-state index in [1.165, 1.54) is 12.3 Å². The molecule has 1 aromatic rings. The van der Waals surface area contributed by atoms with Crippen LogP contribution in [0.5, 0.6) is 5.75 Å². The summed E-state index contributed by atoms with van der Waals surface area (Å²) in [5, 5.41) is 15.4. The van der Waals surface area contributed by atoms with Crippen LogP contribution in [0.1, 0.15) is 23.3 Å². The molecule has 0 aliphatic carbocycles. The Balaban J connectivity index is 1.68. The number of hydrogen-bond acceptors (Lipinski definition) is 5. The van der Waals surface area contributed by atoms with Crippen molar-refractivity contribution in [2.24, 2.45) is 0 Å². The fraction of sp³-hybridized carbons (Fsp3) is 0.538. The van der Waals surface area contributed by atoms with E-state index in [9.17, 15) is 9.90 Å². The first-order chi connectivity index (χ1) is 9.27. The van der Waals surface area contributed by atoms with Crippen LogP contribution < -0.4 is 10.6 Å². The predicted octanol–water partition coefficient (Wildman–Crippen LogP) is 0.286. The summed E-state index contributed by atoms with van der Waals surface area (Å²) in [6.07, 6.45) is 3.77. The molecule has 3 N–H and O–H groups in total. The van der Waals surface area contributed by atoms with Crippen LogP contribution in [-0.4, -0.2) is 48.3 Å². The van der Waals surface area contributed by atoms with Crippen LogP contribution in [0.3, 0.4) is 0 Å². The monoisotopic (exact) mass is 265 g/mol. The molecule has 1 aliphatic rings. The second-order valence-corrected chi connectivity index (χ2v) is 4.45. The zero-order valence-electron chi connectivity index (χ0n) is 10.8. The van der Waals surface area contributed by atoms with Gasteiger partial charge in [-0.3, -0.25) is 4.79 Å². The molecule has 1 aliphatic heterocycles. The maximum absolute atomic E-state index is 11.7. The summed E-state index contributed by atoms with van der Waals surface area (Å²) in [5.41, 5.74) is 0.0457. The molecule has 1 aromatic heterocycles. The Bertz CT molecular complexity index is 419. The van der Waals surface area contributed by atoms with Crippen molar-refractivity contribution in [2.45, 2.75) is 18.9 Å². The predicted molar refractivity (Wildman–Crippen MR) is 70.1 cm³/mol. The zero-order chi connectivity index (χ0) is 13.5. The molecule has 6 nitrogen and oxygen atoms in total. The molecule has 1 fully saturated rings. The van der Waals surface area contributed by atoms with Gasteiger partial charge in [-0.05, 0) is 38.1 Å². The molecule has 19 heavy (non-hydrogen) atoms. The summed E-state index contributed by atoms with van der Waals surface area (Å²) in [6, 6.07) is 3.01. The quantitative estimate of drug-likeness (QED) is 0.666. The van der Waals surface area contributed by atoms with E-state index in [0.29, 0.717) is 13.2 Å². The highest BCUT2D eigenvalue weighted by Gasteiger charge is 2.14. The fourth-order valence-electron chi connectivity index (χ4n) is 2.01. The third-order valence-corrected chi connectivity index (χ3v) is 3.03. The van der Waals surface area contributed by atoms with Crippen molar-refractivity contribution in [3.05, 3.63) is 24.0 Å². The number of nitrogens with one attached hydrogen (secondary N) is 2. The molecule has 0 bridgehead atoms. The molecule has 0 unspecified atom stereocenters. The number of hydrogen-bond donors (Lipinski definition) is 3. The lowest BCUT2D eigenvalue weighted by atomic mass is 10.1. The number of ether oxygens (including phenoxy) is 1. The van der Waals surface area contributed by atoms with E-state index in [4.69, 9.17) is 4.74 Å². The molecule has 104 valence electrons. The van der Waals surface area contributed by atoms with E-state index in [1.54, 1.807) is 6.07 Å². The van der Waals surface area contributed by atoms with Crippen LogP contribution in [0.4, 0.5) is 0 Å². The Morgan fingerprint density at radius 1 is 1.53 bits per heavy atom. The van der Waals surface area contributed by atoms with Crippen LogP contribution in [-0.2, 0) is 4.74 Å². The molecule has 0 aromatic carbocycles. The summed E-state index contributed by atoms with van der Waals surface area (Å²) >= 11 is 0. The molecular formula is C13H19N3O3. The smallest absolute Gasteiger partial charge is 0.273 e. The van der Waals surface area contributed by atoms with Gasteiger partial charge in [0.1, 0.15) is 5.75 Å². The normalized spacial score (nSPS) is 16.2. The van der Waals surface area contributed by atoms with E-state index in [0.717, 1.165) is 25.9 Å². The first kappa shape index (κ1) is 13.8. The molecule has 1 saturated heterocycles. The average molecular weight is 265 g/mol. The first-order valence-electron chi connectivity index (χ1n) is 6.52. The molecular weight excluding hydrogens is 246 g/mol. The average Bonchev–Trinajstić information content (AvgIpc) is 2.45. The minimum Gasteiger partial charge on any atom is -0.505 e. The van der Waals surface area contributed by atoms with Crippen LogP contribution in [0, 0.1) is 0 Å². The molecule has 1 amide bonds. The Morgan fingerprint density at radius 3 is 3.05 bits per heavy atom. The standard InChI is InChI=1S/C13H19N3O3/c17-11-2-1-5-15-12(11)13(18)16-8-9-19-10-3-6-14-7-4-10/h1-2,5,10,14,17H,3-4,6-9H2,(H,16,18). The maximum Gasteiger partial charge on any atom is 0.273 e. The van der Waals surface area contributed by atoms with E-state index in [1.807, 2.05) is 0 Å². The van der Waals surface area contributed by atoms with E-state index in [-0.39, 0.29) is 23.5 Å². The largest absolute Gasteiger partial charge is 0.505 e. The lowest BCUT2D eigenvalue weighted by Gasteiger charge is -2.22. The number of aromatic hydroxyl groups is 1. The third kappa shape index (κ3) is 4.18. The molecule has 0 radical (unpaired) electrons. The van der Waals surface area contributed by atoms with Gasteiger partial charge in [-0.15, -0.1) is 0 Å². The van der Waals surface area contributed by atoms with Gasteiger partial charge in [0.2, 0.25) is 0 Å². The van der Waals surface area contributed by atoms with Crippen molar-refractivity contribution < 1.29 is 14.6 Å². The minimum atomic E-state index is -0.382. The second kappa shape index (κ2) is 7.06. The van der Waals surface area contributed by atoms with Crippen molar-refractivity contribution in [1.29, 1.82) is 0 Å². The highest BCUT2D eigenvalue weighted by atomic mass is 16.5. The van der Waals surface area contributed by atoms with Gasteiger partial charge >= 0.3 is 0 Å². The number of nitrogens with zero attached hydrogens (tertiary/aromatic N) is 1. The number of aromatic nitrogens is 1. The van der Waals surface area contributed by atoms with Crippen LogP contribution >= 0.6 is 0 Å². The van der Waals surface area contributed by atoms with E-state index < -0.39 is 0 Å². The van der Waals surface area contributed by atoms with Crippen LogP contribution in [0.15, 0.2) is 18.3 Å². The van der Waals surface area contributed by atoms with E-state index >= 15 is 0 Å². The molecule has 2 rings (SSSR count). The maximum atomic E-state index is 11.7. The Labute approximate surface area is 112 Å². The Hall–Kier alpha value is -1.66. The summed E-state index contributed by atoms with van der Waals surface area (Å²) in [4.78, 5) is 15.6. The fourth-order valence-corrected chi connectivity index (χ4v) is 2.01. The van der Waals surface area contributed by atoms with Gasteiger partial charge in [-0.25, -0.2) is 4.98 Å². The Morgan fingerprint density at radius 2 is 2.32 bits per heavy atom. The first-order valence-corrected chi connectivity index (χ1v) is 6.52. The van der Waals surface area contributed by atoms with Crippen LogP contribution in [0.25, 0.3) is 0 Å². The van der Waals surface area contributed by atoms with E-state index in [2.05, 4.69) is 15.6 Å². The molecule has 2 heterocycles. The summed E-state index contributed by atoms with van der Waals surface area (Å²) in [5.74, 6) is -0.494. The molecule has 6 heteroatoms. The number of carbonyl (C=O) groups is 1. The highest BCUT2D eigenvalue weighted by Crippen LogP contribution is 2.11. The van der Waals surface area contributed by atoms with Crippen molar-refractivity contribution in [3.8, 4) is 5.75 Å². The Kier molecular flexibility index (Phi) is 5.11. The molecule has 0 saturated carbocycles. The number of rotatable bonds is 5. The number of carbonyl (C=O) groups excluding carboxylic acids is 1. The van der Waals surface area contributed by atoms with Gasteiger partial charge in [-0.1, -0.05) is 0 Å². The third-order valence-electron chi connectivity index (χ3n) is 3.03. The topological polar surface area (TPSA) is 83.5 Å². The van der Waals surface area contributed by atoms with Gasteiger partial charge in [0.15, 0.2) is 5.69 Å². The summed E-state index contributed by atoms with van der Waals surface area (Å²) < 4.78 is 5.66. The van der Waals surface area contributed by atoms with Crippen molar-refractivity contribution in [2.75, 3.05) is 26.2 Å². The number of pyridine rings is 1. The molecule has 0 atom stereocenters. The SMILES string of the molecule is O=C(NCCOC1CCNCC1)c1ncccc1O. The highest BCUT2D eigenvalue weighted by molar-refractivity contribution is 5.94. The van der Waals surface area contributed by atoms with Gasteiger partial charge in [0, 0.05) is 12.7 Å². The lowest BCUT2D eigenvalue weighted by molar-refractivity contribution is 0.0343. The lowest BCUT2D eigenvalue weighted by Crippen LogP contribution is -2.35. The van der Waals surface area contributed by atoms with Crippen molar-refractivity contribution in [1.82, 2.24) is 15.6 Å². The zero-order valence-corrected chi connectivity index (χ0v) is 10.8. The minimum absolute atomic E-state index is 0.0457. The summed E-state index contributed by atoms with van der Waals surface area (Å²) in [7, 11) is 0. The van der Waals surface area contributed by atoms with Crippen molar-refractivity contribution in [3.63, 3.8) is 0 Å². The van der Waals surface area contributed by atoms with Gasteiger partial charge in [-0.2, -0.15) is 0 Å². The number of piperidine rings is 1. The summed E-state index contributed by atoms with van der Waals surface area (Å²) in [6.45, 7) is 2.86. The van der Waals surface area contributed by atoms with Crippen molar-refractivity contribution >= 4 is 5.91 Å². The van der Waals surface area contributed by atoms with Gasteiger partial charge < -0.3 is 20.5 Å². The second-order valence-electron chi connectivity index (χ2n) is 4.45. The number of amides is 1. The molecule has 0 spiro atoms.